The summed E-state index contributed by atoms with van der Waals surface area (Å²) in [7, 11) is 0. The number of cyclic esters (lactones) is 1. The van der Waals surface area contributed by atoms with Gasteiger partial charge in [0, 0.05) is 5.92 Å². The third-order valence-electron chi connectivity index (χ3n) is 3.19. The monoisotopic (exact) mass is 277 g/mol. The molecule has 0 spiro atoms. The average molecular weight is 277 g/mol. The van der Waals surface area contributed by atoms with E-state index in [9.17, 15) is 9.59 Å². The van der Waals surface area contributed by atoms with E-state index in [1.54, 1.807) is 0 Å². The third kappa shape index (κ3) is 3.91. The van der Waals surface area contributed by atoms with Gasteiger partial charge < -0.3 is 9.53 Å². The lowest BCUT2D eigenvalue weighted by molar-refractivity contribution is -0.132. The fourth-order valence-electron chi connectivity index (χ4n) is 2.12. The van der Waals surface area contributed by atoms with Crippen LogP contribution in [0, 0.1) is 5.92 Å². The summed E-state index contributed by atoms with van der Waals surface area (Å²) in [6.45, 7) is 4.65. The average Bonchev–Trinajstić information content (AvgIpc) is 2.93. The van der Waals surface area contributed by atoms with Crippen molar-refractivity contribution in [3.05, 3.63) is 35.9 Å². The second-order valence-corrected chi connectivity index (χ2v) is 4.40. The molecule has 1 aromatic carbocycles. The first kappa shape index (κ1) is 15.9. The van der Waals surface area contributed by atoms with E-state index in [-0.39, 0.29) is 11.8 Å². The predicted octanol–water partition coefficient (Wildman–Crippen LogP) is 2.05. The van der Waals surface area contributed by atoms with E-state index < -0.39 is 6.09 Å². The Morgan fingerprint density at radius 2 is 2.00 bits per heavy atom. The minimum absolute atomic E-state index is 0.121. The molecule has 2 rings (SSSR count). The summed E-state index contributed by atoms with van der Waals surface area (Å²) >= 11 is 0. The molecule has 5 heteroatoms. The van der Waals surface area contributed by atoms with E-state index in [0.29, 0.717) is 19.6 Å². The molecule has 0 unspecified atom stereocenters. The molecule has 1 saturated heterocycles. The van der Waals surface area contributed by atoms with Crippen molar-refractivity contribution in [3.63, 3.8) is 0 Å². The molecule has 1 atom stereocenters. The van der Waals surface area contributed by atoms with Gasteiger partial charge >= 0.3 is 6.09 Å². The highest BCUT2D eigenvalue weighted by Crippen LogP contribution is 2.17. The Bertz CT molecular complexity index is 446. The normalized spacial score (nSPS) is 15.1. The zero-order valence-corrected chi connectivity index (χ0v) is 11.6. The van der Waals surface area contributed by atoms with Gasteiger partial charge in [-0.05, 0) is 18.4 Å². The van der Waals surface area contributed by atoms with Crippen molar-refractivity contribution in [3.8, 4) is 0 Å². The van der Waals surface area contributed by atoms with Crippen molar-refractivity contribution in [1.82, 2.24) is 4.90 Å². The minimum atomic E-state index is -0.508. The van der Waals surface area contributed by atoms with Gasteiger partial charge in [-0.25, -0.2) is 9.69 Å². The first-order chi connectivity index (χ1) is 9.72. The van der Waals surface area contributed by atoms with E-state index in [1.165, 1.54) is 4.90 Å². The molecule has 0 saturated carbocycles. The molecule has 1 aromatic rings. The summed E-state index contributed by atoms with van der Waals surface area (Å²) in [5.41, 5.74) is 1.12. The molecular weight excluding hydrogens is 258 g/mol. The van der Waals surface area contributed by atoms with Crippen LogP contribution in [0.4, 0.5) is 4.79 Å². The van der Waals surface area contributed by atoms with Crippen LogP contribution in [-0.2, 0) is 20.7 Å². The van der Waals surface area contributed by atoms with Crippen LogP contribution in [0.5, 0.6) is 0 Å². The standard InChI is InChI=1S/C14H17NO3.CH2O/c1-2-12(10-11-6-4-3-5-7-11)13(16)15-8-9-18-14(15)17;1-2/h3-7,12H,2,8-10H2,1H3;1H2/t12-;/m0./s1. The van der Waals surface area contributed by atoms with Crippen molar-refractivity contribution in [2.75, 3.05) is 13.2 Å². The highest BCUT2D eigenvalue weighted by molar-refractivity contribution is 5.94. The number of carbonyl (C=O) groups is 3. The zero-order chi connectivity index (χ0) is 15.0. The van der Waals surface area contributed by atoms with Crippen LogP contribution < -0.4 is 0 Å². The molecule has 108 valence electrons. The summed E-state index contributed by atoms with van der Waals surface area (Å²) in [5.74, 6) is -0.276. The van der Waals surface area contributed by atoms with Crippen LogP contribution >= 0.6 is 0 Å². The van der Waals surface area contributed by atoms with Crippen LogP contribution in [0.15, 0.2) is 30.3 Å². The van der Waals surface area contributed by atoms with Gasteiger partial charge in [0.15, 0.2) is 0 Å². The Hall–Kier alpha value is -2.17. The Balaban J connectivity index is 0.000000956. The second kappa shape index (κ2) is 8.09. The number of rotatable bonds is 4. The van der Waals surface area contributed by atoms with E-state index in [1.807, 2.05) is 44.0 Å². The molecule has 1 aliphatic rings. The molecule has 1 aliphatic heterocycles. The fourth-order valence-corrected chi connectivity index (χ4v) is 2.12. The van der Waals surface area contributed by atoms with Crippen molar-refractivity contribution < 1.29 is 19.1 Å². The van der Waals surface area contributed by atoms with Crippen molar-refractivity contribution >= 4 is 18.8 Å². The molecule has 1 fully saturated rings. The number of nitrogens with zero attached hydrogens (tertiary/aromatic N) is 1. The van der Waals surface area contributed by atoms with Gasteiger partial charge in [0.05, 0.1) is 6.54 Å². The van der Waals surface area contributed by atoms with Crippen LogP contribution in [-0.4, -0.2) is 36.8 Å². The number of imide groups is 1. The Kier molecular flexibility index (Phi) is 6.43. The van der Waals surface area contributed by atoms with Crippen molar-refractivity contribution in [2.24, 2.45) is 5.92 Å². The first-order valence-electron chi connectivity index (χ1n) is 6.53. The molecule has 0 bridgehead atoms. The lowest BCUT2D eigenvalue weighted by Gasteiger charge is -2.19. The second-order valence-electron chi connectivity index (χ2n) is 4.40. The molecule has 0 N–H and O–H groups in total. The topological polar surface area (TPSA) is 63.7 Å². The van der Waals surface area contributed by atoms with Gasteiger partial charge in [0.1, 0.15) is 13.4 Å². The molecule has 0 radical (unpaired) electrons. The lowest BCUT2D eigenvalue weighted by atomic mass is 9.95. The Morgan fingerprint density at radius 3 is 2.50 bits per heavy atom. The number of hydrogen-bond donors (Lipinski definition) is 0. The number of benzene rings is 1. The summed E-state index contributed by atoms with van der Waals surface area (Å²) in [6, 6.07) is 9.86. The van der Waals surface area contributed by atoms with Crippen LogP contribution in [0.2, 0.25) is 0 Å². The summed E-state index contributed by atoms with van der Waals surface area (Å²) in [6.07, 6.45) is 0.879. The van der Waals surface area contributed by atoms with Gasteiger partial charge in [-0.3, -0.25) is 4.79 Å². The summed E-state index contributed by atoms with van der Waals surface area (Å²) in [4.78, 5) is 32.8. The maximum absolute atomic E-state index is 12.2. The van der Waals surface area contributed by atoms with Gasteiger partial charge in [0.25, 0.3) is 0 Å². The van der Waals surface area contributed by atoms with E-state index in [4.69, 9.17) is 9.53 Å². The van der Waals surface area contributed by atoms with E-state index in [0.717, 1.165) is 12.0 Å². The fraction of sp³-hybridized carbons (Fsp3) is 0.400. The molecule has 5 nitrogen and oxygen atoms in total. The number of hydrogen-bond acceptors (Lipinski definition) is 4. The highest BCUT2D eigenvalue weighted by atomic mass is 16.6. The molecule has 0 aromatic heterocycles. The van der Waals surface area contributed by atoms with Crippen LogP contribution in [0.25, 0.3) is 0 Å². The smallest absolute Gasteiger partial charge is 0.416 e. The maximum Gasteiger partial charge on any atom is 0.416 e. The predicted molar refractivity (Wildman–Crippen MR) is 74.1 cm³/mol. The highest BCUT2D eigenvalue weighted by Gasteiger charge is 2.32. The maximum atomic E-state index is 12.2. The molecule has 20 heavy (non-hydrogen) atoms. The van der Waals surface area contributed by atoms with Crippen molar-refractivity contribution in [1.29, 1.82) is 0 Å². The van der Waals surface area contributed by atoms with E-state index in [2.05, 4.69) is 0 Å². The number of carbonyl (C=O) groups excluding carboxylic acids is 3. The van der Waals surface area contributed by atoms with Gasteiger partial charge in [-0.15, -0.1) is 0 Å². The molecule has 2 amide bonds. The summed E-state index contributed by atoms with van der Waals surface area (Å²) < 4.78 is 4.80. The van der Waals surface area contributed by atoms with Crippen LogP contribution in [0.1, 0.15) is 18.9 Å². The van der Waals surface area contributed by atoms with Gasteiger partial charge in [0.2, 0.25) is 5.91 Å². The Labute approximate surface area is 118 Å². The minimum Gasteiger partial charge on any atom is -0.447 e. The SMILES string of the molecule is C=O.CC[C@@H](Cc1ccccc1)C(=O)N1CCOC1=O. The zero-order valence-electron chi connectivity index (χ0n) is 11.6. The molecule has 0 aliphatic carbocycles. The number of amides is 2. The molecule has 1 heterocycles. The number of ether oxygens (including phenoxy) is 1. The molecular formula is C15H19NO4. The van der Waals surface area contributed by atoms with Gasteiger partial charge in [-0.1, -0.05) is 37.3 Å². The summed E-state index contributed by atoms with van der Waals surface area (Å²) in [5, 5.41) is 0. The third-order valence-corrected chi connectivity index (χ3v) is 3.19. The van der Waals surface area contributed by atoms with Gasteiger partial charge in [-0.2, -0.15) is 0 Å². The van der Waals surface area contributed by atoms with E-state index >= 15 is 0 Å². The quantitative estimate of drug-likeness (QED) is 0.845. The largest absolute Gasteiger partial charge is 0.447 e. The van der Waals surface area contributed by atoms with Crippen molar-refractivity contribution in [2.45, 2.75) is 19.8 Å². The Morgan fingerprint density at radius 1 is 1.35 bits per heavy atom. The van der Waals surface area contributed by atoms with Crippen LogP contribution in [0.3, 0.4) is 0 Å². The lowest BCUT2D eigenvalue weighted by Crippen LogP contribution is -2.37. The first-order valence-corrected chi connectivity index (χ1v) is 6.53.